The summed E-state index contributed by atoms with van der Waals surface area (Å²) < 4.78 is 41.4. The Morgan fingerprint density at radius 1 is 1.02 bits per heavy atom. The van der Waals surface area contributed by atoms with Crippen LogP contribution < -0.4 is 15.1 Å². The molecule has 10 heteroatoms. The van der Waals surface area contributed by atoms with Crippen LogP contribution in [0.15, 0.2) is 42.6 Å². The number of fused-ring (bicyclic) bond motifs is 1. The van der Waals surface area contributed by atoms with Gasteiger partial charge in [-0.05, 0) is 83.0 Å². The summed E-state index contributed by atoms with van der Waals surface area (Å²) in [6.07, 6.45) is 2.59. The Bertz CT molecular complexity index is 1390. The van der Waals surface area contributed by atoms with Gasteiger partial charge in [0.25, 0.3) is 0 Å². The fourth-order valence-electron chi connectivity index (χ4n) is 6.47. The maximum Gasteiger partial charge on any atom is 0.419 e. The molecule has 0 spiro atoms. The molecule has 7 nitrogen and oxygen atoms in total. The maximum absolute atomic E-state index is 13.8. The van der Waals surface area contributed by atoms with Gasteiger partial charge in [-0.15, -0.1) is 0 Å². The van der Waals surface area contributed by atoms with E-state index in [4.69, 9.17) is 9.97 Å². The molecule has 1 unspecified atom stereocenters. The molecule has 1 atom stereocenters. The van der Waals surface area contributed by atoms with Crippen LogP contribution in [0.2, 0.25) is 0 Å². The van der Waals surface area contributed by atoms with Gasteiger partial charge in [0, 0.05) is 61.5 Å². The second kappa shape index (κ2) is 10.8. The zero-order valence-corrected chi connectivity index (χ0v) is 24.0. The number of alkyl halides is 3. The molecule has 1 aliphatic carbocycles. The van der Waals surface area contributed by atoms with E-state index in [1.54, 1.807) is 4.90 Å². The number of pyridine rings is 1. The van der Waals surface area contributed by atoms with E-state index >= 15 is 0 Å². The van der Waals surface area contributed by atoms with E-state index in [0.717, 1.165) is 54.8 Å². The standard InChI is InChI=1S/C31H38F3N7/c1-21-6-5-17-41(21)29-37-26-13-19-40(28-25(31(32,33)34)7-4-16-35-28)18-12-24(26)27(38-29)36-23-10-8-22(9-11-23)30(14-15-30)20-39(2)3/h4,7-11,16,21H,5-6,12-15,17-20H2,1-3H3,(H,36,37,38). The Morgan fingerprint density at radius 3 is 2.44 bits per heavy atom. The first-order chi connectivity index (χ1) is 19.6. The quantitative estimate of drug-likeness (QED) is 0.387. The largest absolute Gasteiger partial charge is 0.419 e. The van der Waals surface area contributed by atoms with E-state index in [9.17, 15) is 13.2 Å². The lowest BCUT2D eigenvalue weighted by atomic mass is 9.95. The van der Waals surface area contributed by atoms with Crippen LogP contribution in [-0.4, -0.2) is 66.2 Å². The summed E-state index contributed by atoms with van der Waals surface area (Å²) in [6, 6.07) is 11.4. The van der Waals surface area contributed by atoms with Crippen LogP contribution in [-0.2, 0) is 24.4 Å². The van der Waals surface area contributed by atoms with Gasteiger partial charge in [-0.3, -0.25) is 0 Å². The van der Waals surface area contributed by atoms with E-state index in [1.165, 1.54) is 30.7 Å². The predicted octanol–water partition coefficient (Wildman–Crippen LogP) is 5.82. The number of anilines is 4. The second-order valence-electron chi connectivity index (χ2n) is 12.1. The van der Waals surface area contributed by atoms with Crippen LogP contribution in [0.1, 0.15) is 55.0 Å². The number of rotatable bonds is 7. The van der Waals surface area contributed by atoms with Gasteiger partial charge in [0.2, 0.25) is 5.95 Å². The minimum absolute atomic E-state index is 0.0222. The number of halogens is 3. The summed E-state index contributed by atoms with van der Waals surface area (Å²) in [5.74, 6) is 1.41. The summed E-state index contributed by atoms with van der Waals surface area (Å²) in [7, 11) is 4.24. The Balaban J connectivity index is 1.30. The zero-order valence-electron chi connectivity index (χ0n) is 24.0. The van der Waals surface area contributed by atoms with Crippen LogP contribution in [0.3, 0.4) is 0 Å². The first kappa shape index (κ1) is 27.8. The smallest absolute Gasteiger partial charge is 0.355 e. The van der Waals surface area contributed by atoms with Crippen LogP contribution in [0.25, 0.3) is 0 Å². The van der Waals surface area contributed by atoms with Gasteiger partial charge in [-0.1, -0.05) is 12.1 Å². The van der Waals surface area contributed by atoms with Crippen molar-refractivity contribution < 1.29 is 13.2 Å². The lowest BCUT2D eigenvalue weighted by Gasteiger charge is -2.24. The molecule has 2 aromatic heterocycles. The molecule has 2 aliphatic heterocycles. The number of benzene rings is 1. The van der Waals surface area contributed by atoms with Gasteiger partial charge in [0.1, 0.15) is 11.6 Å². The highest BCUT2D eigenvalue weighted by Crippen LogP contribution is 2.48. The molecule has 0 radical (unpaired) electrons. The fraction of sp³-hybridized carbons (Fsp3) is 0.516. The van der Waals surface area contributed by atoms with Gasteiger partial charge < -0.3 is 20.0 Å². The summed E-state index contributed by atoms with van der Waals surface area (Å²) >= 11 is 0. The molecule has 3 aromatic rings. The third-order valence-electron chi connectivity index (χ3n) is 8.77. The summed E-state index contributed by atoms with van der Waals surface area (Å²) in [5, 5.41) is 3.57. The van der Waals surface area contributed by atoms with Crippen molar-refractivity contribution in [3.8, 4) is 0 Å². The highest BCUT2D eigenvalue weighted by Gasteiger charge is 2.44. The molecule has 1 N–H and O–H groups in total. The first-order valence-corrected chi connectivity index (χ1v) is 14.6. The van der Waals surface area contributed by atoms with E-state index in [-0.39, 0.29) is 11.2 Å². The van der Waals surface area contributed by atoms with Gasteiger partial charge in [-0.25, -0.2) is 9.97 Å². The Labute approximate surface area is 239 Å². The third-order valence-corrected chi connectivity index (χ3v) is 8.77. The molecule has 2 fully saturated rings. The second-order valence-corrected chi connectivity index (χ2v) is 12.1. The molecule has 41 heavy (non-hydrogen) atoms. The maximum atomic E-state index is 13.8. The van der Waals surface area contributed by atoms with Gasteiger partial charge in [-0.2, -0.15) is 18.2 Å². The topological polar surface area (TPSA) is 60.4 Å². The van der Waals surface area contributed by atoms with Crippen molar-refractivity contribution in [3.63, 3.8) is 0 Å². The molecular formula is C31H38F3N7. The van der Waals surface area contributed by atoms with Crippen molar-refractivity contribution in [2.24, 2.45) is 0 Å². The van der Waals surface area contributed by atoms with Crippen LogP contribution in [0.4, 0.5) is 36.4 Å². The number of aromatic nitrogens is 3. The number of hydrogen-bond donors (Lipinski definition) is 1. The number of nitrogens with zero attached hydrogens (tertiary/aromatic N) is 6. The van der Waals surface area contributed by atoms with E-state index in [2.05, 4.69) is 65.4 Å². The fourth-order valence-corrected chi connectivity index (χ4v) is 6.47. The van der Waals surface area contributed by atoms with Crippen molar-refractivity contribution in [3.05, 3.63) is 65.0 Å². The number of likely N-dealkylation sites (N-methyl/N-ethyl adjacent to an activating group) is 1. The number of nitrogens with one attached hydrogen (secondary N) is 1. The highest BCUT2D eigenvalue weighted by molar-refractivity contribution is 5.64. The van der Waals surface area contributed by atoms with Gasteiger partial charge in [0.15, 0.2) is 0 Å². The van der Waals surface area contributed by atoms with E-state index in [1.807, 2.05) is 0 Å². The van der Waals surface area contributed by atoms with Gasteiger partial charge >= 0.3 is 6.18 Å². The predicted molar refractivity (Wildman–Crippen MR) is 156 cm³/mol. The monoisotopic (exact) mass is 565 g/mol. The SMILES string of the molecule is CC1CCCN1c1nc2c(c(Nc3ccc(C4(CN(C)C)CC4)cc3)n1)CCN(c1ncccc1C(F)(F)F)CC2. The van der Waals surface area contributed by atoms with Crippen LogP contribution >= 0.6 is 0 Å². The van der Waals surface area contributed by atoms with Crippen molar-refractivity contribution in [1.29, 1.82) is 0 Å². The Hall–Kier alpha value is -3.40. The summed E-state index contributed by atoms with van der Waals surface area (Å²) in [5.41, 5.74) is 3.70. The molecule has 3 aliphatic rings. The van der Waals surface area contributed by atoms with Gasteiger partial charge in [0.05, 0.1) is 11.3 Å². The highest BCUT2D eigenvalue weighted by atomic mass is 19.4. The molecular weight excluding hydrogens is 527 g/mol. The molecule has 4 heterocycles. The van der Waals surface area contributed by atoms with Crippen molar-refractivity contribution >= 4 is 23.3 Å². The average molecular weight is 566 g/mol. The Morgan fingerprint density at radius 2 is 1.78 bits per heavy atom. The molecule has 1 saturated heterocycles. The van der Waals surface area contributed by atoms with Crippen molar-refractivity contribution in [2.75, 3.05) is 55.4 Å². The molecule has 1 aromatic carbocycles. The molecule has 218 valence electrons. The summed E-state index contributed by atoms with van der Waals surface area (Å²) in [6.45, 7) is 4.94. The molecule has 0 amide bonds. The lowest BCUT2D eigenvalue weighted by Crippen LogP contribution is -2.29. The lowest BCUT2D eigenvalue weighted by molar-refractivity contribution is -0.137. The van der Waals surface area contributed by atoms with E-state index in [0.29, 0.717) is 37.9 Å². The summed E-state index contributed by atoms with van der Waals surface area (Å²) in [4.78, 5) is 20.4. The number of hydrogen-bond acceptors (Lipinski definition) is 7. The molecule has 0 bridgehead atoms. The minimum Gasteiger partial charge on any atom is -0.355 e. The Kier molecular flexibility index (Phi) is 7.30. The van der Waals surface area contributed by atoms with Crippen LogP contribution in [0, 0.1) is 0 Å². The zero-order chi connectivity index (χ0) is 28.8. The van der Waals surface area contributed by atoms with E-state index < -0.39 is 11.7 Å². The van der Waals surface area contributed by atoms with Crippen molar-refractivity contribution in [2.45, 2.75) is 63.1 Å². The van der Waals surface area contributed by atoms with Crippen LogP contribution in [0.5, 0.6) is 0 Å². The van der Waals surface area contributed by atoms with Crippen molar-refractivity contribution in [1.82, 2.24) is 19.9 Å². The first-order valence-electron chi connectivity index (χ1n) is 14.6. The average Bonchev–Trinajstić information content (AvgIpc) is 3.64. The minimum atomic E-state index is -4.47. The third kappa shape index (κ3) is 5.71. The molecule has 1 saturated carbocycles. The molecule has 6 rings (SSSR count). The normalized spacial score (nSPS) is 20.2.